The number of aryl methyl sites for hydroxylation is 1. The van der Waals surface area contributed by atoms with Crippen LogP contribution in [0.2, 0.25) is 0 Å². The maximum absolute atomic E-state index is 12.4. The molecule has 0 saturated carbocycles. The predicted molar refractivity (Wildman–Crippen MR) is 97.5 cm³/mol. The van der Waals surface area contributed by atoms with Crippen LogP contribution in [0.15, 0.2) is 52.4 Å². The van der Waals surface area contributed by atoms with Crippen molar-refractivity contribution in [1.82, 2.24) is 9.88 Å². The lowest BCUT2D eigenvalue weighted by molar-refractivity contribution is -0.384. The number of hydrogen-bond acceptors (Lipinski definition) is 6. The highest BCUT2D eigenvalue weighted by atomic mass is 32.2. The first-order chi connectivity index (χ1) is 11.9. The highest BCUT2D eigenvalue weighted by Gasteiger charge is 2.30. The summed E-state index contributed by atoms with van der Waals surface area (Å²) in [6, 6.07) is 11.6. The SMILES string of the molecule is Cc1cccc(/N=C2/S/C(=C\c3cccc([N+](=O)[O-])c3)C(=O)N2C)n1. The van der Waals surface area contributed by atoms with Crippen LogP contribution in [0, 0.1) is 17.0 Å². The maximum atomic E-state index is 12.4. The normalized spacial score (nSPS) is 17.5. The molecule has 2 heterocycles. The van der Waals surface area contributed by atoms with Gasteiger partial charge in [-0.05, 0) is 42.5 Å². The molecule has 7 nitrogen and oxygen atoms in total. The Morgan fingerprint density at radius 3 is 2.76 bits per heavy atom. The summed E-state index contributed by atoms with van der Waals surface area (Å²) in [6.45, 7) is 1.87. The van der Waals surface area contributed by atoms with Crippen molar-refractivity contribution in [2.24, 2.45) is 4.99 Å². The lowest BCUT2D eigenvalue weighted by Crippen LogP contribution is -2.23. The summed E-state index contributed by atoms with van der Waals surface area (Å²) in [4.78, 5) is 33.4. The van der Waals surface area contributed by atoms with Crippen molar-refractivity contribution in [3.05, 3.63) is 68.7 Å². The van der Waals surface area contributed by atoms with E-state index in [2.05, 4.69) is 9.98 Å². The van der Waals surface area contributed by atoms with Gasteiger partial charge in [-0.25, -0.2) is 9.98 Å². The zero-order valence-corrected chi connectivity index (χ0v) is 14.4. The average molecular weight is 354 g/mol. The highest BCUT2D eigenvalue weighted by molar-refractivity contribution is 8.18. The fraction of sp³-hybridized carbons (Fsp3) is 0.118. The number of aliphatic imine (C=N–C) groups is 1. The van der Waals surface area contributed by atoms with E-state index in [1.54, 1.807) is 31.3 Å². The van der Waals surface area contributed by atoms with Crippen molar-refractivity contribution in [2.75, 3.05) is 7.05 Å². The second-order valence-electron chi connectivity index (χ2n) is 5.36. The van der Waals surface area contributed by atoms with E-state index in [9.17, 15) is 14.9 Å². The Morgan fingerprint density at radius 2 is 2.04 bits per heavy atom. The van der Waals surface area contributed by atoms with Crippen molar-refractivity contribution in [2.45, 2.75) is 6.92 Å². The van der Waals surface area contributed by atoms with Gasteiger partial charge in [0, 0.05) is 24.9 Å². The number of nitro benzene ring substituents is 1. The standard InChI is InChI=1S/C17H14N4O3S/c1-11-5-3-8-15(18-11)19-17-20(2)16(22)14(25-17)10-12-6-4-7-13(9-12)21(23)24/h3-10H,1-2H3/b14-10-,19-17+. The number of benzene rings is 1. The fourth-order valence-corrected chi connectivity index (χ4v) is 3.20. The molecule has 1 saturated heterocycles. The van der Waals surface area contributed by atoms with Crippen molar-refractivity contribution in [3.8, 4) is 0 Å². The number of amidine groups is 1. The van der Waals surface area contributed by atoms with E-state index >= 15 is 0 Å². The summed E-state index contributed by atoms with van der Waals surface area (Å²) in [7, 11) is 1.64. The molecule has 0 aliphatic carbocycles. The van der Waals surface area contributed by atoms with Gasteiger partial charge in [-0.3, -0.25) is 19.8 Å². The van der Waals surface area contributed by atoms with E-state index < -0.39 is 4.92 Å². The molecule has 0 atom stereocenters. The zero-order valence-electron chi connectivity index (χ0n) is 13.5. The molecule has 1 aromatic heterocycles. The van der Waals surface area contributed by atoms with Gasteiger partial charge in [0.25, 0.3) is 11.6 Å². The summed E-state index contributed by atoms with van der Waals surface area (Å²) in [5.74, 6) is 0.321. The molecule has 0 radical (unpaired) electrons. The number of carbonyl (C=O) groups excluding carboxylic acids is 1. The van der Waals surface area contributed by atoms with Crippen molar-refractivity contribution in [3.63, 3.8) is 0 Å². The van der Waals surface area contributed by atoms with Crippen LogP contribution in [0.4, 0.5) is 11.5 Å². The number of nitrogens with zero attached hydrogens (tertiary/aromatic N) is 4. The quantitative estimate of drug-likeness (QED) is 0.478. The van der Waals surface area contributed by atoms with Gasteiger partial charge >= 0.3 is 0 Å². The molecular formula is C17H14N4O3S. The molecule has 1 aliphatic heterocycles. The molecule has 8 heteroatoms. The Morgan fingerprint density at radius 1 is 1.28 bits per heavy atom. The minimum absolute atomic E-state index is 0.0176. The predicted octanol–water partition coefficient (Wildman–Crippen LogP) is 3.53. The molecule has 1 amide bonds. The molecule has 0 N–H and O–H groups in total. The first-order valence-electron chi connectivity index (χ1n) is 7.38. The van der Waals surface area contributed by atoms with Gasteiger partial charge in [-0.15, -0.1) is 0 Å². The molecule has 0 unspecified atom stereocenters. The molecule has 1 fully saturated rings. The molecule has 1 aliphatic rings. The van der Waals surface area contributed by atoms with E-state index in [-0.39, 0.29) is 11.6 Å². The number of amides is 1. The Bertz CT molecular complexity index is 924. The van der Waals surface area contributed by atoms with Crippen LogP contribution >= 0.6 is 11.8 Å². The van der Waals surface area contributed by atoms with E-state index in [0.29, 0.717) is 21.5 Å². The number of non-ortho nitro benzene ring substituents is 1. The summed E-state index contributed by atoms with van der Waals surface area (Å²) in [5, 5.41) is 11.4. The number of thioether (sulfide) groups is 1. The Balaban J connectivity index is 1.91. The summed E-state index contributed by atoms with van der Waals surface area (Å²) in [5.41, 5.74) is 1.41. The third-order valence-corrected chi connectivity index (χ3v) is 4.53. The highest BCUT2D eigenvalue weighted by Crippen LogP contribution is 2.33. The maximum Gasteiger partial charge on any atom is 0.270 e. The molecule has 126 valence electrons. The number of hydrogen-bond donors (Lipinski definition) is 0. The Hall–Kier alpha value is -3.00. The van der Waals surface area contributed by atoms with E-state index in [0.717, 1.165) is 5.69 Å². The van der Waals surface area contributed by atoms with Gasteiger partial charge in [0.05, 0.1) is 9.83 Å². The summed E-state index contributed by atoms with van der Waals surface area (Å²) in [6.07, 6.45) is 1.63. The minimum atomic E-state index is -0.464. The van der Waals surface area contributed by atoms with Gasteiger partial charge < -0.3 is 0 Å². The van der Waals surface area contributed by atoms with Crippen LogP contribution in [0.1, 0.15) is 11.3 Å². The lowest BCUT2D eigenvalue weighted by Gasteiger charge is -2.06. The second-order valence-corrected chi connectivity index (χ2v) is 6.37. The van der Waals surface area contributed by atoms with Gasteiger partial charge in [-0.1, -0.05) is 18.2 Å². The number of carbonyl (C=O) groups is 1. The minimum Gasteiger partial charge on any atom is -0.289 e. The van der Waals surface area contributed by atoms with Gasteiger partial charge in [0.15, 0.2) is 11.0 Å². The van der Waals surface area contributed by atoms with Crippen LogP contribution in [-0.2, 0) is 4.79 Å². The van der Waals surface area contributed by atoms with Crippen molar-refractivity contribution in [1.29, 1.82) is 0 Å². The van der Waals surface area contributed by atoms with E-state index in [1.807, 2.05) is 19.1 Å². The van der Waals surface area contributed by atoms with Crippen molar-refractivity contribution >= 4 is 40.4 Å². The summed E-state index contributed by atoms with van der Waals surface area (Å²) < 4.78 is 0. The molecule has 0 spiro atoms. The summed E-state index contributed by atoms with van der Waals surface area (Å²) >= 11 is 1.21. The molecular weight excluding hydrogens is 340 g/mol. The Labute approximate surface area is 148 Å². The number of rotatable bonds is 3. The van der Waals surface area contributed by atoms with Crippen LogP contribution in [-0.4, -0.2) is 32.9 Å². The first kappa shape index (κ1) is 16.8. The topological polar surface area (TPSA) is 88.7 Å². The van der Waals surface area contributed by atoms with E-state index in [1.165, 1.54) is 28.8 Å². The zero-order chi connectivity index (χ0) is 18.0. The number of likely N-dealkylation sites (N-methyl/N-ethyl adjacent to an activating group) is 1. The first-order valence-corrected chi connectivity index (χ1v) is 8.20. The van der Waals surface area contributed by atoms with Crippen LogP contribution in [0.3, 0.4) is 0 Å². The third-order valence-electron chi connectivity index (χ3n) is 3.47. The number of nitro groups is 1. The van der Waals surface area contributed by atoms with Gasteiger partial charge in [-0.2, -0.15) is 0 Å². The van der Waals surface area contributed by atoms with Crippen molar-refractivity contribution < 1.29 is 9.72 Å². The molecule has 0 bridgehead atoms. The largest absolute Gasteiger partial charge is 0.289 e. The number of aromatic nitrogens is 1. The average Bonchev–Trinajstić information content (AvgIpc) is 2.83. The van der Waals surface area contributed by atoms with Crippen LogP contribution < -0.4 is 0 Å². The molecule has 1 aromatic carbocycles. The van der Waals surface area contributed by atoms with E-state index in [4.69, 9.17) is 0 Å². The lowest BCUT2D eigenvalue weighted by atomic mass is 10.2. The van der Waals surface area contributed by atoms with Crippen LogP contribution in [0.25, 0.3) is 6.08 Å². The van der Waals surface area contributed by atoms with Gasteiger partial charge in [0.1, 0.15) is 0 Å². The van der Waals surface area contributed by atoms with Gasteiger partial charge in [0.2, 0.25) is 0 Å². The second kappa shape index (κ2) is 6.86. The third kappa shape index (κ3) is 3.74. The monoisotopic (exact) mass is 354 g/mol. The molecule has 3 rings (SSSR count). The molecule has 2 aromatic rings. The van der Waals surface area contributed by atoms with Crippen LogP contribution in [0.5, 0.6) is 0 Å². The fourth-order valence-electron chi connectivity index (χ4n) is 2.22. The number of pyridine rings is 1. The smallest absolute Gasteiger partial charge is 0.270 e. The Kier molecular flexibility index (Phi) is 4.62. The molecule has 25 heavy (non-hydrogen) atoms.